The van der Waals surface area contributed by atoms with Gasteiger partial charge in [0.1, 0.15) is 5.75 Å². The summed E-state index contributed by atoms with van der Waals surface area (Å²) in [7, 11) is -6.23. The highest BCUT2D eigenvalue weighted by Gasteiger charge is 2.29. The van der Waals surface area contributed by atoms with E-state index in [-0.39, 0.29) is 21.1 Å². The van der Waals surface area contributed by atoms with Crippen LogP contribution in [-0.4, -0.2) is 47.2 Å². The van der Waals surface area contributed by atoms with Gasteiger partial charge < -0.3 is 10.1 Å². The average molecular weight is 572 g/mol. The summed E-state index contributed by atoms with van der Waals surface area (Å²) in [6, 6.07) is 15.4. The third kappa shape index (κ3) is 6.26. The molecule has 1 aliphatic heterocycles. The summed E-state index contributed by atoms with van der Waals surface area (Å²) < 4.78 is 61.7. The number of hydrogen-bond donors (Lipinski definition) is 2. The van der Waals surface area contributed by atoms with Crippen molar-refractivity contribution in [1.29, 1.82) is 0 Å². The Morgan fingerprint density at radius 1 is 0.897 bits per heavy atom. The van der Waals surface area contributed by atoms with Gasteiger partial charge in [-0.25, -0.2) is 16.8 Å². The fourth-order valence-corrected chi connectivity index (χ4v) is 7.18. The Hall–Kier alpha value is -3.41. The lowest BCUT2D eigenvalue weighted by atomic mass is 10.0. The third-order valence-corrected chi connectivity index (χ3v) is 10.2. The van der Waals surface area contributed by atoms with Crippen LogP contribution in [0.2, 0.25) is 0 Å². The zero-order chi connectivity index (χ0) is 28.4. The number of hydrogen-bond acceptors (Lipinski definition) is 6. The standard InChI is InChI=1S/C28H33N3O6S2/c1-19-14-16-31(17-15-19)39(35,36)24-12-13-26(37-4)25(18-24)28(32)29-22-8-10-23(11-9-22)38(33,34)30-27-20(2)6-5-7-21(27)3/h5-13,18-19,30H,14-17H2,1-4H3,(H,29,32). The Morgan fingerprint density at radius 2 is 1.49 bits per heavy atom. The molecular formula is C28H33N3O6S2. The fourth-order valence-electron chi connectivity index (χ4n) is 4.48. The number of anilines is 2. The van der Waals surface area contributed by atoms with Crippen LogP contribution >= 0.6 is 0 Å². The SMILES string of the molecule is COc1ccc(S(=O)(=O)N2CCC(C)CC2)cc1C(=O)Nc1ccc(S(=O)(=O)Nc2c(C)cccc2C)cc1. The number of sulfonamides is 2. The topological polar surface area (TPSA) is 122 Å². The molecular weight excluding hydrogens is 538 g/mol. The van der Waals surface area contributed by atoms with E-state index in [1.54, 1.807) is 0 Å². The minimum atomic E-state index is -3.86. The van der Waals surface area contributed by atoms with Crippen LogP contribution in [0.15, 0.2) is 70.5 Å². The van der Waals surface area contributed by atoms with Gasteiger partial charge in [0.25, 0.3) is 15.9 Å². The number of carbonyl (C=O) groups excluding carboxylic acids is 1. The number of amides is 1. The number of nitrogens with one attached hydrogen (secondary N) is 2. The van der Waals surface area contributed by atoms with Crippen molar-refractivity contribution in [1.82, 2.24) is 4.31 Å². The normalized spacial score (nSPS) is 15.1. The van der Waals surface area contributed by atoms with Gasteiger partial charge in [-0.2, -0.15) is 4.31 Å². The second-order valence-electron chi connectivity index (χ2n) is 9.80. The van der Waals surface area contributed by atoms with Crippen molar-refractivity contribution >= 4 is 37.3 Å². The lowest BCUT2D eigenvalue weighted by Gasteiger charge is -2.29. The van der Waals surface area contributed by atoms with Crippen LogP contribution in [0.5, 0.6) is 5.75 Å². The minimum absolute atomic E-state index is 0.0158. The molecule has 0 saturated carbocycles. The highest BCUT2D eigenvalue weighted by Crippen LogP contribution is 2.29. The number of methoxy groups -OCH3 is 1. The highest BCUT2D eigenvalue weighted by molar-refractivity contribution is 7.92. The van der Waals surface area contributed by atoms with Crippen molar-refractivity contribution in [2.75, 3.05) is 30.2 Å². The van der Waals surface area contributed by atoms with Crippen LogP contribution in [0.1, 0.15) is 41.3 Å². The van der Waals surface area contributed by atoms with E-state index in [1.165, 1.54) is 53.9 Å². The Morgan fingerprint density at radius 3 is 2.08 bits per heavy atom. The molecule has 1 aliphatic rings. The Bertz CT molecular complexity index is 1560. The Balaban J connectivity index is 1.53. The summed E-state index contributed by atoms with van der Waals surface area (Å²) in [5.74, 6) is 0.105. The zero-order valence-corrected chi connectivity index (χ0v) is 24.0. The van der Waals surface area contributed by atoms with Gasteiger partial charge >= 0.3 is 0 Å². The maximum atomic E-state index is 13.2. The second kappa shape index (κ2) is 11.4. The van der Waals surface area contributed by atoms with E-state index < -0.39 is 26.0 Å². The summed E-state index contributed by atoms with van der Waals surface area (Å²) in [5, 5.41) is 2.70. The summed E-state index contributed by atoms with van der Waals surface area (Å²) in [5.41, 5.74) is 2.52. The molecule has 4 rings (SSSR count). The minimum Gasteiger partial charge on any atom is -0.496 e. The monoisotopic (exact) mass is 571 g/mol. The summed E-state index contributed by atoms with van der Waals surface area (Å²) in [4.78, 5) is 13.2. The van der Waals surface area contributed by atoms with Crippen molar-refractivity contribution < 1.29 is 26.4 Å². The number of para-hydroxylation sites is 1. The molecule has 1 amide bonds. The smallest absolute Gasteiger partial charge is 0.261 e. The van der Waals surface area contributed by atoms with Gasteiger partial charge in [0.2, 0.25) is 10.0 Å². The number of benzene rings is 3. The number of carbonyl (C=O) groups is 1. The molecule has 0 aliphatic carbocycles. The molecule has 1 heterocycles. The van der Waals surface area contributed by atoms with E-state index >= 15 is 0 Å². The van der Waals surface area contributed by atoms with E-state index in [4.69, 9.17) is 4.74 Å². The molecule has 3 aromatic rings. The Kier molecular flexibility index (Phi) is 8.34. The van der Waals surface area contributed by atoms with Gasteiger partial charge in [-0.3, -0.25) is 9.52 Å². The molecule has 0 radical (unpaired) electrons. The van der Waals surface area contributed by atoms with Crippen LogP contribution in [0.4, 0.5) is 11.4 Å². The van der Waals surface area contributed by atoms with E-state index in [2.05, 4.69) is 17.0 Å². The molecule has 0 aromatic heterocycles. The number of aryl methyl sites for hydroxylation is 2. The molecule has 1 fully saturated rings. The van der Waals surface area contributed by atoms with Crippen LogP contribution in [0.25, 0.3) is 0 Å². The quantitative estimate of drug-likeness (QED) is 0.401. The highest BCUT2D eigenvalue weighted by atomic mass is 32.2. The molecule has 11 heteroatoms. The molecule has 2 N–H and O–H groups in total. The van der Waals surface area contributed by atoms with E-state index in [0.717, 1.165) is 24.0 Å². The summed E-state index contributed by atoms with van der Waals surface area (Å²) >= 11 is 0. The maximum absolute atomic E-state index is 13.2. The first-order chi connectivity index (χ1) is 18.4. The molecule has 1 saturated heterocycles. The molecule has 0 spiro atoms. The number of ether oxygens (including phenoxy) is 1. The van der Waals surface area contributed by atoms with Crippen LogP contribution in [0.3, 0.4) is 0 Å². The van der Waals surface area contributed by atoms with Gasteiger partial charge in [0.15, 0.2) is 0 Å². The van der Waals surface area contributed by atoms with E-state index in [0.29, 0.717) is 30.4 Å². The molecule has 0 unspecified atom stereocenters. The molecule has 208 valence electrons. The summed E-state index contributed by atoms with van der Waals surface area (Å²) in [6.45, 7) is 6.62. The number of nitrogens with zero attached hydrogens (tertiary/aromatic N) is 1. The van der Waals surface area contributed by atoms with Crippen LogP contribution in [-0.2, 0) is 20.0 Å². The second-order valence-corrected chi connectivity index (χ2v) is 13.4. The first-order valence-electron chi connectivity index (χ1n) is 12.6. The van der Waals surface area contributed by atoms with Gasteiger partial charge in [0.05, 0.1) is 28.2 Å². The van der Waals surface area contributed by atoms with Crippen molar-refractivity contribution in [3.05, 3.63) is 77.4 Å². The van der Waals surface area contributed by atoms with Crippen molar-refractivity contribution in [2.45, 2.75) is 43.4 Å². The molecule has 0 bridgehead atoms. The van der Waals surface area contributed by atoms with Gasteiger partial charge in [-0.05, 0) is 86.2 Å². The fraction of sp³-hybridized carbons (Fsp3) is 0.321. The maximum Gasteiger partial charge on any atom is 0.261 e. The van der Waals surface area contributed by atoms with Crippen molar-refractivity contribution in [2.24, 2.45) is 5.92 Å². The lowest BCUT2D eigenvalue weighted by molar-refractivity contribution is 0.102. The number of piperidine rings is 1. The predicted molar refractivity (Wildman–Crippen MR) is 151 cm³/mol. The molecule has 39 heavy (non-hydrogen) atoms. The molecule has 3 aromatic carbocycles. The third-order valence-electron chi connectivity index (χ3n) is 6.94. The van der Waals surface area contributed by atoms with Gasteiger partial charge in [0, 0.05) is 18.8 Å². The first kappa shape index (κ1) is 28.6. The van der Waals surface area contributed by atoms with Crippen LogP contribution < -0.4 is 14.8 Å². The van der Waals surface area contributed by atoms with Crippen LogP contribution in [0, 0.1) is 19.8 Å². The zero-order valence-electron chi connectivity index (χ0n) is 22.4. The molecule has 9 nitrogen and oxygen atoms in total. The van der Waals surface area contributed by atoms with Gasteiger partial charge in [-0.15, -0.1) is 0 Å². The van der Waals surface area contributed by atoms with E-state index in [9.17, 15) is 21.6 Å². The largest absolute Gasteiger partial charge is 0.496 e. The average Bonchev–Trinajstić information content (AvgIpc) is 2.91. The molecule has 0 atom stereocenters. The van der Waals surface area contributed by atoms with Crippen molar-refractivity contribution in [3.8, 4) is 5.75 Å². The van der Waals surface area contributed by atoms with E-state index in [1.807, 2.05) is 32.0 Å². The predicted octanol–water partition coefficient (Wildman–Crippen LogP) is 4.79. The Labute approximate surface area is 230 Å². The first-order valence-corrected chi connectivity index (χ1v) is 15.5. The van der Waals surface area contributed by atoms with Gasteiger partial charge in [-0.1, -0.05) is 25.1 Å². The summed E-state index contributed by atoms with van der Waals surface area (Å²) in [6.07, 6.45) is 1.57. The lowest BCUT2D eigenvalue weighted by Crippen LogP contribution is -2.37. The van der Waals surface area contributed by atoms with Crippen molar-refractivity contribution in [3.63, 3.8) is 0 Å². The number of rotatable bonds is 8.